The SMILES string of the molecule is CC/C=C\C/C=C\C/C=C\C/C=C\CCCCCCC(=O)OCC(COC(=O)CCCCCCCC)OC(=O)CCCCCCC/C=C\CCCCC. The molecule has 0 N–H and O–H groups in total. The van der Waals surface area contributed by atoms with Gasteiger partial charge >= 0.3 is 17.9 Å². The zero-order chi connectivity index (χ0) is 38.7. The molecule has 0 saturated carbocycles. The lowest BCUT2D eigenvalue weighted by Gasteiger charge is -2.18. The molecule has 0 aliphatic carbocycles. The highest BCUT2D eigenvalue weighted by molar-refractivity contribution is 5.71. The molecule has 53 heavy (non-hydrogen) atoms. The molecule has 0 amide bonds. The Morgan fingerprint density at radius 1 is 0.396 bits per heavy atom. The van der Waals surface area contributed by atoms with E-state index in [-0.39, 0.29) is 31.1 Å². The van der Waals surface area contributed by atoms with Crippen LogP contribution in [-0.2, 0) is 28.6 Å². The van der Waals surface area contributed by atoms with Crippen molar-refractivity contribution < 1.29 is 28.6 Å². The maximum atomic E-state index is 12.6. The van der Waals surface area contributed by atoms with Crippen LogP contribution < -0.4 is 0 Å². The van der Waals surface area contributed by atoms with Crippen molar-refractivity contribution in [3.05, 3.63) is 60.8 Å². The first-order valence-electron chi connectivity index (χ1n) is 21.8. The average molecular weight is 741 g/mol. The molecule has 0 aromatic heterocycles. The molecule has 0 saturated heterocycles. The van der Waals surface area contributed by atoms with E-state index in [2.05, 4.69) is 81.5 Å². The quantitative estimate of drug-likeness (QED) is 0.0271. The van der Waals surface area contributed by atoms with Gasteiger partial charge in [-0.2, -0.15) is 0 Å². The zero-order valence-corrected chi connectivity index (χ0v) is 34.5. The molecule has 6 heteroatoms. The maximum Gasteiger partial charge on any atom is 0.306 e. The molecule has 0 aromatic rings. The van der Waals surface area contributed by atoms with Crippen molar-refractivity contribution in [1.29, 1.82) is 0 Å². The van der Waals surface area contributed by atoms with E-state index in [0.717, 1.165) is 109 Å². The molecule has 1 unspecified atom stereocenters. The van der Waals surface area contributed by atoms with Gasteiger partial charge in [-0.1, -0.05) is 159 Å². The van der Waals surface area contributed by atoms with Gasteiger partial charge in [0.05, 0.1) is 0 Å². The standard InChI is InChI=1S/C47H80O6/c1-4-7-10-13-16-18-20-22-23-24-25-26-28-29-31-34-37-40-46(49)52-43-44(42-51-45(48)39-36-33-15-12-9-6-3)53-47(50)41-38-35-32-30-27-21-19-17-14-11-8-5-2/h7,10,16-19,22-23,25-26,44H,4-6,8-9,11-15,20-21,24,27-43H2,1-3H3/b10-7-,18-16-,19-17-,23-22-,26-25-. The molecule has 0 radical (unpaired) electrons. The molecule has 6 nitrogen and oxygen atoms in total. The summed E-state index contributed by atoms with van der Waals surface area (Å²) >= 11 is 0. The summed E-state index contributed by atoms with van der Waals surface area (Å²) in [5, 5.41) is 0. The number of rotatable bonds is 38. The Kier molecular flexibility index (Phi) is 39.6. The van der Waals surface area contributed by atoms with Crippen LogP contribution in [0.15, 0.2) is 60.8 Å². The van der Waals surface area contributed by atoms with Crippen LogP contribution in [0.1, 0.15) is 201 Å². The Bertz CT molecular complexity index is 991. The fraction of sp³-hybridized carbons (Fsp3) is 0.723. The molecule has 0 spiro atoms. The molecule has 0 rings (SSSR count). The van der Waals surface area contributed by atoms with Gasteiger partial charge in [-0.3, -0.25) is 14.4 Å². The third-order valence-corrected chi connectivity index (χ3v) is 9.01. The van der Waals surface area contributed by atoms with Gasteiger partial charge in [0.25, 0.3) is 0 Å². The van der Waals surface area contributed by atoms with Crippen LogP contribution in [0.25, 0.3) is 0 Å². The summed E-state index contributed by atoms with van der Waals surface area (Å²) in [4.78, 5) is 37.5. The number of carbonyl (C=O) groups excluding carboxylic acids is 3. The van der Waals surface area contributed by atoms with Gasteiger partial charge in [0.2, 0.25) is 0 Å². The molecule has 0 aliphatic rings. The van der Waals surface area contributed by atoms with E-state index in [1.54, 1.807) is 0 Å². The largest absolute Gasteiger partial charge is 0.462 e. The van der Waals surface area contributed by atoms with Crippen LogP contribution >= 0.6 is 0 Å². The van der Waals surface area contributed by atoms with Gasteiger partial charge in [-0.15, -0.1) is 0 Å². The van der Waals surface area contributed by atoms with Gasteiger partial charge in [0.1, 0.15) is 13.2 Å². The van der Waals surface area contributed by atoms with Crippen LogP contribution in [0, 0.1) is 0 Å². The Hall–Kier alpha value is -2.89. The van der Waals surface area contributed by atoms with Crippen LogP contribution in [0.2, 0.25) is 0 Å². The Morgan fingerprint density at radius 3 is 1.21 bits per heavy atom. The number of esters is 3. The molecule has 0 aromatic carbocycles. The molecule has 0 aliphatic heterocycles. The molecular weight excluding hydrogens is 661 g/mol. The summed E-state index contributed by atoms with van der Waals surface area (Å²) in [7, 11) is 0. The monoisotopic (exact) mass is 741 g/mol. The Labute approximate surface area is 326 Å². The number of unbranched alkanes of at least 4 members (excludes halogenated alkanes) is 17. The normalized spacial score (nSPS) is 12.6. The van der Waals surface area contributed by atoms with Crippen LogP contribution in [0.5, 0.6) is 0 Å². The van der Waals surface area contributed by atoms with Gasteiger partial charge in [-0.05, 0) is 83.5 Å². The van der Waals surface area contributed by atoms with Crippen molar-refractivity contribution in [2.75, 3.05) is 13.2 Å². The van der Waals surface area contributed by atoms with Crippen molar-refractivity contribution in [3.8, 4) is 0 Å². The van der Waals surface area contributed by atoms with E-state index in [1.165, 1.54) is 51.4 Å². The first-order chi connectivity index (χ1) is 26.0. The summed E-state index contributed by atoms with van der Waals surface area (Å²) in [5.41, 5.74) is 0. The van der Waals surface area contributed by atoms with E-state index in [4.69, 9.17) is 14.2 Å². The third kappa shape index (κ3) is 40.1. The van der Waals surface area contributed by atoms with Gasteiger partial charge in [0, 0.05) is 19.3 Å². The minimum Gasteiger partial charge on any atom is -0.462 e. The Balaban J connectivity index is 4.34. The first-order valence-corrected chi connectivity index (χ1v) is 21.8. The van der Waals surface area contributed by atoms with E-state index in [1.807, 2.05) is 0 Å². The lowest BCUT2D eigenvalue weighted by molar-refractivity contribution is -0.167. The van der Waals surface area contributed by atoms with Crippen molar-refractivity contribution >= 4 is 17.9 Å². The van der Waals surface area contributed by atoms with Gasteiger partial charge < -0.3 is 14.2 Å². The average Bonchev–Trinajstić information content (AvgIpc) is 3.15. The molecule has 304 valence electrons. The van der Waals surface area contributed by atoms with E-state index in [9.17, 15) is 14.4 Å². The van der Waals surface area contributed by atoms with E-state index < -0.39 is 6.10 Å². The van der Waals surface area contributed by atoms with Gasteiger partial charge in [-0.25, -0.2) is 0 Å². The van der Waals surface area contributed by atoms with Crippen molar-refractivity contribution in [2.45, 2.75) is 207 Å². The zero-order valence-electron chi connectivity index (χ0n) is 34.5. The van der Waals surface area contributed by atoms with Crippen molar-refractivity contribution in [3.63, 3.8) is 0 Å². The topological polar surface area (TPSA) is 78.9 Å². The number of hydrogen-bond acceptors (Lipinski definition) is 6. The minimum atomic E-state index is -0.782. The molecular formula is C47H80O6. The first kappa shape index (κ1) is 50.1. The molecule has 0 fully saturated rings. The van der Waals surface area contributed by atoms with Gasteiger partial charge in [0.15, 0.2) is 6.10 Å². The third-order valence-electron chi connectivity index (χ3n) is 9.01. The van der Waals surface area contributed by atoms with Crippen molar-refractivity contribution in [2.24, 2.45) is 0 Å². The smallest absolute Gasteiger partial charge is 0.306 e. The number of ether oxygens (including phenoxy) is 3. The van der Waals surface area contributed by atoms with Crippen LogP contribution in [0.3, 0.4) is 0 Å². The minimum absolute atomic E-state index is 0.0864. The number of hydrogen-bond donors (Lipinski definition) is 0. The highest BCUT2D eigenvalue weighted by atomic mass is 16.6. The van der Waals surface area contributed by atoms with Crippen molar-refractivity contribution in [1.82, 2.24) is 0 Å². The summed E-state index contributed by atoms with van der Waals surface area (Å²) < 4.78 is 16.6. The summed E-state index contributed by atoms with van der Waals surface area (Å²) in [6.45, 7) is 6.39. The lowest BCUT2D eigenvalue weighted by Crippen LogP contribution is -2.30. The maximum absolute atomic E-state index is 12.6. The second-order valence-corrected chi connectivity index (χ2v) is 14.2. The predicted octanol–water partition coefficient (Wildman–Crippen LogP) is 13.7. The molecule has 0 bridgehead atoms. The van der Waals surface area contributed by atoms with Crippen LogP contribution in [0.4, 0.5) is 0 Å². The lowest BCUT2D eigenvalue weighted by atomic mass is 10.1. The fourth-order valence-electron chi connectivity index (χ4n) is 5.72. The summed E-state index contributed by atoms with van der Waals surface area (Å²) in [5.74, 6) is -0.936. The Morgan fingerprint density at radius 2 is 0.736 bits per heavy atom. The highest BCUT2D eigenvalue weighted by Gasteiger charge is 2.19. The molecule has 1 atom stereocenters. The second-order valence-electron chi connectivity index (χ2n) is 14.2. The predicted molar refractivity (Wildman–Crippen MR) is 224 cm³/mol. The number of carbonyl (C=O) groups is 3. The highest BCUT2D eigenvalue weighted by Crippen LogP contribution is 2.12. The second kappa shape index (κ2) is 41.9. The summed E-state index contributed by atoms with van der Waals surface area (Å²) in [6.07, 6.45) is 49.3. The fourth-order valence-corrected chi connectivity index (χ4v) is 5.72. The van der Waals surface area contributed by atoms with Crippen LogP contribution in [-0.4, -0.2) is 37.2 Å². The van der Waals surface area contributed by atoms with E-state index in [0.29, 0.717) is 19.3 Å². The van der Waals surface area contributed by atoms with E-state index >= 15 is 0 Å². The summed E-state index contributed by atoms with van der Waals surface area (Å²) in [6, 6.07) is 0. The molecule has 0 heterocycles. The number of allylic oxidation sites excluding steroid dienone is 10.